The molecule has 2 aromatic rings. The van der Waals surface area contributed by atoms with Crippen LogP contribution in [0, 0.1) is 5.82 Å². The molecule has 1 heterocycles. The molecule has 0 aliphatic heterocycles. The highest BCUT2D eigenvalue weighted by Gasteiger charge is 2.13. The van der Waals surface area contributed by atoms with Gasteiger partial charge >= 0.3 is 0 Å². The van der Waals surface area contributed by atoms with Gasteiger partial charge in [-0.05, 0) is 30.3 Å². The number of nitrogens with two attached hydrogens (primary N) is 2. The second-order valence-electron chi connectivity index (χ2n) is 3.96. The molecule has 1 unspecified atom stereocenters. The van der Waals surface area contributed by atoms with Crippen molar-refractivity contribution in [1.82, 2.24) is 10.4 Å². The Hall–Kier alpha value is -1.63. The van der Waals surface area contributed by atoms with Crippen molar-refractivity contribution in [3.05, 3.63) is 54.0 Å². The van der Waals surface area contributed by atoms with Gasteiger partial charge in [0.2, 0.25) is 0 Å². The summed E-state index contributed by atoms with van der Waals surface area (Å²) in [7, 11) is 0. The first-order valence-electron chi connectivity index (χ1n) is 5.75. The lowest BCUT2D eigenvalue weighted by Gasteiger charge is -2.17. The molecule has 0 amide bonds. The molecule has 2 rings (SSSR count). The fourth-order valence-electron chi connectivity index (χ4n) is 1.66. The summed E-state index contributed by atoms with van der Waals surface area (Å²) in [5, 5.41) is 0. The van der Waals surface area contributed by atoms with Gasteiger partial charge in [-0.1, -0.05) is 6.07 Å². The number of halogens is 1. The van der Waals surface area contributed by atoms with Crippen LogP contribution >= 0.6 is 11.8 Å². The smallest absolute Gasteiger partial charge is 0.128 e. The van der Waals surface area contributed by atoms with E-state index in [0.29, 0.717) is 11.6 Å². The lowest BCUT2D eigenvalue weighted by atomic mass is 10.1. The van der Waals surface area contributed by atoms with Gasteiger partial charge in [-0.25, -0.2) is 9.37 Å². The van der Waals surface area contributed by atoms with Crippen LogP contribution in [-0.4, -0.2) is 10.7 Å². The van der Waals surface area contributed by atoms with Crippen LogP contribution in [0.5, 0.6) is 0 Å². The summed E-state index contributed by atoms with van der Waals surface area (Å²) >= 11 is 1.57. The number of hydrazine groups is 1. The fourth-order valence-corrected chi connectivity index (χ4v) is 2.63. The normalized spacial score (nSPS) is 12.3. The maximum absolute atomic E-state index is 12.8. The molecule has 5 N–H and O–H groups in total. The van der Waals surface area contributed by atoms with Crippen LogP contribution in [0.15, 0.2) is 47.5 Å². The van der Waals surface area contributed by atoms with Crippen LogP contribution < -0.4 is 17.0 Å². The lowest BCUT2D eigenvalue weighted by Crippen LogP contribution is -2.30. The first-order chi connectivity index (χ1) is 9.20. The van der Waals surface area contributed by atoms with Gasteiger partial charge in [-0.2, -0.15) is 0 Å². The molecule has 1 aromatic carbocycles. The van der Waals surface area contributed by atoms with Crippen LogP contribution in [0.25, 0.3) is 0 Å². The van der Waals surface area contributed by atoms with Crippen LogP contribution in [0.4, 0.5) is 10.2 Å². The number of nitrogens with one attached hydrogen (secondary N) is 1. The van der Waals surface area contributed by atoms with Gasteiger partial charge in [0.15, 0.2) is 0 Å². The predicted molar refractivity (Wildman–Crippen MR) is 75.8 cm³/mol. The number of hydrogen-bond donors (Lipinski definition) is 3. The molecule has 0 fully saturated rings. The Labute approximate surface area is 115 Å². The molecule has 0 saturated carbocycles. The Morgan fingerprint density at radius 2 is 2.00 bits per heavy atom. The summed E-state index contributed by atoms with van der Waals surface area (Å²) in [5.41, 5.74) is 9.41. The van der Waals surface area contributed by atoms with E-state index in [1.54, 1.807) is 30.1 Å². The standard InChI is InChI=1S/C13H15FN4S/c14-9-3-5-10(6-4-9)19-8-12(18-16)11-2-1-7-17-13(11)15/h1-7,12,18H,8,16H2,(H2,15,17). The van der Waals surface area contributed by atoms with Gasteiger partial charge in [0, 0.05) is 22.4 Å². The second kappa shape index (κ2) is 6.51. The Balaban J connectivity index is 2.04. The van der Waals surface area contributed by atoms with Crippen LogP contribution in [0.1, 0.15) is 11.6 Å². The quantitative estimate of drug-likeness (QED) is 0.443. The van der Waals surface area contributed by atoms with Crippen molar-refractivity contribution in [1.29, 1.82) is 0 Å². The number of aromatic nitrogens is 1. The molecule has 0 aliphatic rings. The summed E-state index contributed by atoms with van der Waals surface area (Å²) in [6.07, 6.45) is 1.64. The van der Waals surface area contributed by atoms with E-state index in [0.717, 1.165) is 10.5 Å². The highest BCUT2D eigenvalue weighted by Crippen LogP contribution is 2.26. The number of hydrogen-bond acceptors (Lipinski definition) is 5. The summed E-state index contributed by atoms with van der Waals surface area (Å²) in [6.45, 7) is 0. The number of nitrogens with zero attached hydrogens (tertiary/aromatic N) is 1. The monoisotopic (exact) mass is 278 g/mol. The molecule has 4 nitrogen and oxygen atoms in total. The zero-order valence-corrected chi connectivity index (χ0v) is 11.0. The van der Waals surface area contributed by atoms with Crippen molar-refractivity contribution in [3.63, 3.8) is 0 Å². The highest BCUT2D eigenvalue weighted by atomic mass is 32.2. The van der Waals surface area contributed by atoms with E-state index in [9.17, 15) is 4.39 Å². The van der Waals surface area contributed by atoms with Crippen LogP contribution in [0.2, 0.25) is 0 Å². The van der Waals surface area contributed by atoms with Crippen LogP contribution in [0.3, 0.4) is 0 Å². The predicted octanol–water partition coefficient (Wildman–Crippen LogP) is 2.10. The number of pyridine rings is 1. The zero-order chi connectivity index (χ0) is 13.7. The van der Waals surface area contributed by atoms with E-state index < -0.39 is 0 Å². The van der Waals surface area contributed by atoms with Gasteiger partial charge in [-0.3, -0.25) is 11.3 Å². The average molecular weight is 278 g/mol. The third kappa shape index (κ3) is 3.66. The molecular formula is C13H15FN4S. The zero-order valence-electron chi connectivity index (χ0n) is 10.2. The van der Waals surface area contributed by atoms with Crippen molar-refractivity contribution >= 4 is 17.6 Å². The molecule has 1 aromatic heterocycles. The molecule has 0 spiro atoms. The van der Waals surface area contributed by atoms with Gasteiger partial charge in [0.1, 0.15) is 11.6 Å². The van der Waals surface area contributed by atoms with E-state index in [4.69, 9.17) is 11.6 Å². The topological polar surface area (TPSA) is 77.0 Å². The number of nitrogen functional groups attached to an aromatic ring is 1. The van der Waals surface area contributed by atoms with Gasteiger partial charge in [0.05, 0.1) is 6.04 Å². The Kier molecular flexibility index (Phi) is 4.73. The minimum atomic E-state index is -0.241. The Bertz CT molecular complexity index is 532. The summed E-state index contributed by atoms with van der Waals surface area (Å²) in [4.78, 5) is 5.01. The van der Waals surface area contributed by atoms with Gasteiger partial charge < -0.3 is 5.73 Å². The fraction of sp³-hybridized carbons (Fsp3) is 0.154. The van der Waals surface area contributed by atoms with Crippen molar-refractivity contribution < 1.29 is 4.39 Å². The molecule has 19 heavy (non-hydrogen) atoms. The van der Waals surface area contributed by atoms with E-state index in [2.05, 4.69) is 10.4 Å². The summed E-state index contributed by atoms with van der Waals surface area (Å²) < 4.78 is 12.8. The first-order valence-corrected chi connectivity index (χ1v) is 6.74. The van der Waals surface area contributed by atoms with E-state index in [1.807, 2.05) is 12.1 Å². The maximum atomic E-state index is 12.8. The van der Waals surface area contributed by atoms with Crippen LogP contribution in [-0.2, 0) is 0 Å². The number of anilines is 1. The van der Waals surface area contributed by atoms with Crippen molar-refractivity contribution in [2.45, 2.75) is 10.9 Å². The minimum Gasteiger partial charge on any atom is -0.383 e. The Morgan fingerprint density at radius 3 is 2.63 bits per heavy atom. The van der Waals surface area contributed by atoms with Crippen molar-refractivity contribution in [3.8, 4) is 0 Å². The van der Waals surface area contributed by atoms with Gasteiger partial charge in [0.25, 0.3) is 0 Å². The third-order valence-electron chi connectivity index (χ3n) is 2.68. The molecule has 1 atom stereocenters. The molecule has 100 valence electrons. The number of thioether (sulfide) groups is 1. The van der Waals surface area contributed by atoms with E-state index >= 15 is 0 Å². The molecule has 6 heteroatoms. The summed E-state index contributed by atoms with van der Waals surface area (Å²) in [5.74, 6) is 6.46. The van der Waals surface area contributed by atoms with Crippen molar-refractivity contribution in [2.75, 3.05) is 11.5 Å². The molecular weight excluding hydrogens is 263 g/mol. The van der Waals surface area contributed by atoms with Crippen molar-refractivity contribution in [2.24, 2.45) is 5.84 Å². The SMILES string of the molecule is NNC(CSc1ccc(F)cc1)c1cccnc1N. The minimum absolute atomic E-state index is 0.108. The third-order valence-corrected chi connectivity index (χ3v) is 3.78. The summed E-state index contributed by atoms with van der Waals surface area (Å²) in [6, 6.07) is 9.94. The number of benzene rings is 1. The maximum Gasteiger partial charge on any atom is 0.128 e. The number of rotatable bonds is 5. The first kappa shape index (κ1) is 13.8. The second-order valence-corrected chi connectivity index (χ2v) is 5.06. The van der Waals surface area contributed by atoms with Gasteiger partial charge in [-0.15, -0.1) is 11.8 Å². The average Bonchev–Trinajstić information content (AvgIpc) is 2.43. The lowest BCUT2D eigenvalue weighted by molar-refractivity contribution is 0.610. The molecule has 0 radical (unpaired) electrons. The highest BCUT2D eigenvalue weighted by molar-refractivity contribution is 7.99. The largest absolute Gasteiger partial charge is 0.383 e. The molecule has 0 saturated heterocycles. The van der Waals surface area contributed by atoms with E-state index in [1.165, 1.54) is 12.1 Å². The molecule has 0 aliphatic carbocycles. The van der Waals surface area contributed by atoms with E-state index in [-0.39, 0.29) is 11.9 Å². The molecule has 0 bridgehead atoms. The Morgan fingerprint density at radius 1 is 1.26 bits per heavy atom.